The van der Waals surface area contributed by atoms with Crippen LogP contribution in [0.3, 0.4) is 0 Å². The van der Waals surface area contributed by atoms with E-state index in [0.717, 1.165) is 42.8 Å². The number of thiazole rings is 1. The van der Waals surface area contributed by atoms with Gasteiger partial charge in [-0.1, -0.05) is 24.7 Å². The second-order valence-corrected chi connectivity index (χ2v) is 9.85. The summed E-state index contributed by atoms with van der Waals surface area (Å²) < 4.78 is 30.3. The van der Waals surface area contributed by atoms with E-state index in [1.807, 2.05) is 6.92 Å². The molecule has 150 valence electrons. The van der Waals surface area contributed by atoms with Crippen molar-refractivity contribution in [2.75, 3.05) is 19.6 Å². The molecule has 2 heterocycles. The number of aromatic nitrogens is 1. The van der Waals surface area contributed by atoms with E-state index in [0.29, 0.717) is 23.8 Å². The lowest BCUT2D eigenvalue weighted by molar-refractivity contribution is 0.143. The maximum absolute atomic E-state index is 12.6. The van der Waals surface area contributed by atoms with Crippen molar-refractivity contribution < 1.29 is 8.42 Å². The van der Waals surface area contributed by atoms with E-state index in [4.69, 9.17) is 0 Å². The number of fused-ring (bicyclic) bond motifs is 1. The molecule has 0 aliphatic carbocycles. The molecule has 0 amide bonds. The molecule has 1 aromatic heterocycles. The van der Waals surface area contributed by atoms with Gasteiger partial charge in [-0.2, -0.15) is 0 Å². The van der Waals surface area contributed by atoms with Crippen LogP contribution in [0.1, 0.15) is 46.0 Å². The quantitative estimate of drug-likeness (QED) is 0.678. The number of nitrogens with one attached hydrogen (secondary N) is 1. The van der Waals surface area contributed by atoms with Crippen LogP contribution in [0.4, 0.5) is 0 Å². The zero-order chi connectivity index (χ0) is 19.4. The molecule has 3 rings (SSSR count). The Morgan fingerprint density at radius 1 is 1.26 bits per heavy atom. The Hall–Kier alpha value is -1.22. The largest absolute Gasteiger partial charge is 0.308 e. The number of nitrogens with zero attached hydrogens (tertiary/aromatic N) is 2. The van der Waals surface area contributed by atoms with Gasteiger partial charge in [0.25, 0.3) is 0 Å². The molecule has 1 fully saturated rings. The number of benzene rings is 1. The molecule has 0 unspecified atom stereocenters. The SMILES string of the molecule is CC[C@@H]1CCCCN1CCCNS(=O)(=O)c1ccc2c(c1)sc(=O)n2CC. The fraction of sp³-hybridized carbons (Fsp3) is 0.632. The van der Waals surface area contributed by atoms with Gasteiger partial charge in [0.1, 0.15) is 0 Å². The Morgan fingerprint density at radius 3 is 2.81 bits per heavy atom. The second-order valence-electron chi connectivity index (χ2n) is 7.09. The maximum atomic E-state index is 12.6. The van der Waals surface area contributed by atoms with Crippen LogP contribution in [0.15, 0.2) is 27.9 Å². The fourth-order valence-corrected chi connectivity index (χ4v) is 6.07. The van der Waals surface area contributed by atoms with E-state index in [1.54, 1.807) is 22.8 Å². The first-order valence-electron chi connectivity index (χ1n) is 9.83. The highest BCUT2D eigenvalue weighted by molar-refractivity contribution is 7.89. The Labute approximate surface area is 165 Å². The van der Waals surface area contributed by atoms with Crippen molar-refractivity contribution in [1.29, 1.82) is 0 Å². The van der Waals surface area contributed by atoms with Crippen LogP contribution < -0.4 is 9.60 Å². The maximum Gasteiger partial charge on any atom is 0.308 e. The third-order valence-corrected chi connectivity index (χ3v) is 7.80. The molecule has 8 heteroatoms. The third-order valence-electron chi connectivity index (χ3n) is 5.40. The van der Waals surface area contributed by atoms with Crippen LogP contribution in [0.2, 0.25) is 0 Å². The topological polar surface area (TPSA) is 71.4 Å². The summed E-state index contributed by atoms with van der Waals surface area (Å²) in [5.41, 5.74) is 0.794. The first kappa shape index (κ1) is 20.5. The molecule has 1 N–H and O–H groups in total. The summed E-state index contributed by atoms with van der Waals surface area (Å²) in [5.74, 6) is 0. The van der Waals surface area contributed by atoms with Gasteiger partial charge < -0.3 is 4.90 Å². The van der Waals surface area contributed by atoms with E-state index in [2.05, 4.69) is 16.5 Å². The predicted molar refractivity (Wildman–Crippen MR) is 111 cm³/mol. The number of hydrogen-bond acceptors (Lipinski definition) is 5. The van der Waals surface area contributed by atoms with Crippen LogP contribution in [0.5, 0.6) is 0 Å². The Kier molecular flexibility index (Phi) is 6.73. The molecule has 0 bridgehead atoms. The van der Waals surface area contributed by atoms with Crippen LogP contribution in [-0.4, -0.2) is 43.6 Å². The summed E-state index contributed by atoms with van der Waals surface area (Å²) in [7, 11) is -3.56. The third kappa shape index (κ3) is 4.62. The molecule has 1 aromatic carbocycles. The van der Waals surface area contributed by atoms with Crippen LogP contribution in [0, 0.1) is 0 Å². The molecule has 1 saturated heterocycles. The smallest absolute Gasteiger partial charge is 0.300 e. The van der Waals surface area contributed by atoms with E-state index in [-0.39, 0.29) is 9.77 Å². The van der Waals surface area contributed by atoms with Crippen molar-refractivity contribution in [2.45, 2.75) is 63.4 Å². The number of piperidine rings is 1. The number of sulfonamides is 1. The summed E-state index contributed by atoms with van der Waals surface area (Å²) in [5, 5.41) is 0. The van der Waals surface area contributed by atoms with Gasteiger partial charge in [-0.3, -0.25) is 9.36 Å². The molecule has 0 radical (unpaired) electrons. The number of rotatable bonds is 8. The monoisotopic (exact) mass is 411 g/mol. The normalized spacial score (nSPS) is 19.0. The first-order chi connectivity index (χ1) is 13.0. The van der Waals surface area contributed by atoms with Gasteiger partial charge >= 0.3 is 4.87 Å². The van der Waals surface area contributed by atoms with E-state index in [1.165, 1.54) is 19.3 Å². The summed E-state index contributed by atoms with van der Waals surface area (Å²) in [6.45, 7) is 7.20. The molecule has 1 atom stereocenters. The lowest BCUT2D eigenvalue weighted by Crippen LogP contribution is -2.40. The summed E-state index contributed by atoms with van der Waals surface area (Å²) >= 11 is 1.09. The van der Waals surface area contributed by atoms with Crippen molar-refractivity contribution in [3.05, 3.63) is 27.9 Å². The molecular weight excluding hydrogens is 382 g/mol. The molecule has 1 aliphatic heterocycles. The summed E-state index contributed by atoms with van der Waals surface area (Å²) in [4.78, 5) is 14.6. The highest BCUT2D eigenvalue weighted by Gasteiger charge is 2.21. The molecule has 0 spiro atoms. The van der Waals surface area contributed by atoms with Crippen LogP contribution in [-0.2, 0) is 16.6 Å². The van der Waals surface area contributed by atoms with Crippen LogP contribution in [0.25, 0.3) is 10.2 Å². The Balaban J connectivity index is 1.61. The highest BCUT2D eigenvalue weighted by atomic mass is 32.2. The van der Waals surface area contributed by atoms with Crippen molar-refractivity contribution in [3.8, 4) is 0 Å². The lowest BCUT2D eigenvalue weighted by Gasteiger charge is -2.35. The minimum absolute atomic E-state index is 0.0537. The molecular formula is C19H29N3O3S2. The van der Waals surface area contributed by atoms with Crippen molar-refractivity contribution in [2.24, 2.45) is 0 Å². The average molecular weight is 412 g/mol. The Bertz CT molecular complexity index is 933. The zero-order valence-electron chi connectivity index (χ0n) is 16.1. The zero-order valence-corrected chi connectivity index (χ0v) is 17.7. The van der Waals surface area contributed by atoms with Gasteiger partial charge in [-0.15, -0.1) is 0 Å². The van der Waals surface area contributed by atoms with Gasteiger partial charge in [0, 0.05) is 19.1 Å². The molecule has 6 nitrogen and oxygen atoms in total. The minimum Gasteiger partial charge on any atom is -0.300 e. The molecule has 0 saturated carbocycles. The second kappa shape index (κ2) is 8.86. The lowest BCUT2D eigenvalue weighted by atomic mass is 10.00. The summed E-state index contributed by atoms with van der Waals surface area (Å²) in [6, 6.07) is 5.56. The fourth-order valence-electron chi connectivity index (χ4n) is 3.90. The van der Waals surface area contributed by atoms with Crippen molar-refractivity contribution in [3.63, 3.8) is 0 Å². The first-order valence-corrected chi connectivity index (χ1v) is 12.1. The van der Waals surface area contributed by atoms with Crippen molar-refractivity contribution in [1.82, 2.24) is 14.2 Å². The van der Waals surface area contributed by atoms with E-state index < -0.39 is 10.0 Å². The highest BCUT2D eigenvalue weighted by Crippen LogP contribution is 2.22. The Morgan fingerprint density at radius 2 is 2.07 bits per heavy atom. The van der Waals surface area contributed by atoms with Crippen molar-refractivity contribution >= 4 is 31.6 Å². The standard InChI is InChI=1S/C19H29N3O3S2/c1-3-15-8-5-6-12-21(15)13-7-11-20-27(24,25)16-9-10-17-18(14-16)26-19(23)22(17)4-2/h9-10,14-15,20H,3-8,11-13H2,1-2H3/t15-/m1/s1. The average Bonchev–Trinajstić information content (AvgIpc) is 2.99. The van der Waals surface area contributed by atoms with Gasteiger partial charge in [0.05, 0.1) is 15.1 Å². The van der Waals surface area contributed by atoms with E-state index in [9.17, 15) is 13.2 Å². The molecule has 1 aliphatic rings. The van der Waals surface area contributed by atoms with Crippen LogP contribution >= 0.6 is 11.3 Å². The molecule has 2 aromatic rings. The predicted octanol–water partition coefficient (Wildman–Crippen LogP) is 3.02. The molecule has 27 heavy (non-hydrogen) atoms. The van der Waals surface area contributed by atoms with E-state index >= 15 is 0 Å². The number of likely N-dealkylation sites (tertiary alicyclic amines) is 1. The van der Waals surface area contributed by atoms with Gasteiger partial charge in [0.15, 0.2) is 0 Å². The summed E-state index contributed by atoms with van der Waals surface area (Å²) in [6.07, 6.45) is 5.75. The number of aryl methyl sites for hydroxylation is 1. The number of hydrogen-bond donors (Lipinski definition) is 1. The van der Waals surface area contributed by atoms with Gasteiger partial charge in [-0.25, -0.2) is 13.1 Å². The minimum atomic E-state index is -3.56. The van der Waals surface area contributed by atoms with Gasteiger partial charge in [0.2, 0.25) is 10.0 Å². The van der Waals surface area contributed by atoms with Gasteiger partial charge in [-0.05, 0) is 63.9 Å².